The van der Waals surface area contributed by atoms with Gasteiger partial charge in [0.05, 0.1) is 6.54 Å². The molecule has 1 saturated heterocycles. The van der Waals surface area contributed by atoms with Crippen LogP contribution in [0.2, 0.25) is 0 Å². The fraction of sp³-hybridized carbons (Fsp3) is 0.714. The van der Waals surface area contributed by atoms with Crippen molar-refractivity contribution < 1.29 is 22.7 Å². The van der Waals surface area contributed by atoms with E-state index in [2.05, 4.69) is 4.98 Å². The Morgan fingerprint density at radius 2 is 1.87 bits per heavy atom. The van der Waals surface area contributed by atoms with Gasteiger partial charge in [-0.25, -0.2) is 9.78 Å². The molecule has 2 rings (SSSR count). The molecule has 0 N–H and O–H groups in total. The zero-order valence-electron chi connectivity index (χ0n) is 13.3. The number of hydrogen-bond donors (Lipinski definition) is 0. The third kappa shape index (κ3) is 5.35. The summed E-state index contributed by atoms with van der Waals surface area (Å²) in [6.07, 6.45) is -4.75. The van der Waals surface area contributed by atoms with Crippen molar-refractivity contribution in [3.8, 4) is 0 Å². The molecule has 2 heterocycles. The molecule has 23 heavy (non-hydrogen) atoms. The highest BCUT2D eigenvalue weighted by Crippen LogP contribution is 2.30. The smallest absolute Gasteiger partial charge is 0.434 e. The molecule has 9 heteroatoms. The van der Waals surface area contributed by atoms with Gasteiger partial charge in [-0.05, 0) is 20.8 Å². The van der Waals surface area contributed by atoms with Crippen LogP contribution in [0, 0.1) is 0 Å². The first-order valence-corrected chi connectivity index (χ1v) is 8.14. The summed E-state index contributed by atoms with van der Waals surface area (Å²) in [7, 11) is 0. The van der Waals surface area contributed by atoms with Crippen molar-refractivity contribution in [1.82, 2.24) is 14.8 Å². The molecule has 1 aliphatic rings. The van der Waals surface area contributed by atoms with Gasteiger partial charge < -0.3 is 9.64 Å². The van der Waals surface area contributed by atoms with Crippen LogP contribution in [0.3, 0.4) is 0 Å². The van der Waals surface area contributed by atoms with E-state index >= 15 is 0 Å². The Hall–Kier alpha value is -1.35. The molecule has 0 spiro atoms. The van der Waals surface area contributed by atoms with Crippen LogP contribution < -0.4 is 0 Å². The molecule has 130 valence electrons. The third-order valence-electron chi connectivity index (χ3n) is 3.23. The van der Waals surface area contributed by atoms with E-state index in [0.29, 0.717) is 37.7 Å². The minimum absolute atomic E-state index is 0.356. The van der Waals surface area contributed by atoms with E-state index in [9.17, 15) is 18.0 Å². The largest absolute Gasteiger partial charge is 0.444 e. The number of piperazine rings is 1. The number of carbonyl (C=O) groups is 1. The summed E-state index contributed by atoms with van der Waals surface area (Å²) in [5.41, 5.74) is -1.38. The van der Waals surface area contributed by atoms with E-state index in [1.165, 1.54) is 0 Å². The van der Waals surface area contributed by atoms with Gasteiger partial charge in [0.15, 0.2) is 5.69 Å². The maximum atomic E-state index is 12.5. The summed E-state index contributed by atoms with van der Waals surface area (Å²) in [5.74, 6) is 0. The lowest BCUT2D eigenvalue weighted by molar-refractivity contribution is -0.140. The molecule has 0 atom stereocenters. The Bertz CT molecular complexity index is 546. The normalized spacial score (nSPS) is 17.4. The Morgan fingerprint density at radius 1 is 1.26 bits per heavy atom. The second kappa shape index (κ2) is 6.64. The Kier molecular flexibility index (Phi) is 5.20. The van der Waals surface area contributed by atoms with Crippen molar-refractivity contribution >= 4 is 17.4 Å². The van der Waals surface area contributed by atoms with E-state index in [1.54, 1.807) is 4.90 Å². The summed E-state index contributed by atoms with van der Waals surface area (Å²) < 4.78 is 42.9. The van der Waals surface area contributed by atoms with E-state index in [-0.39, 0.29) is 6.09 Å². The van der Waals surface area contributed by atoms with E-state index in [1.807, 2.05) is 25.7 Å². The molecule has 0 saturated carbocycles. The van der Waals surface area contributed by atoms with Crippen molar-refractivity contribution in [2.45, 2.75) is 39.1 Å². The Balaban J connectivity index is 1.83. The van der Waals surface area contributed by atoms with Crippen LogP contribution in [-0.2, 0) is 17.5 Å². The number of nitrogens with zero attached hydrogens (tertiary/aromatic N) is 3. The van der Waals surface area contributed by atoms with Gasteiger partial charge >= 0.3 is 12.3 Å². The second-order valence-electron chi connectivity index (χ2n) is 6.37. The van der Waals surface area contributed by atoms with Gasteiger partial charge in [0.25, 0.3) is 0 Å². The SMILES string of the molecule is CC(C)(C)OC(=O)N1CCN(Cc2nc(C(F)(F)F)cs2)CC1. The van der Waals surface area contributed by atoms with Crippen molar-refractivity contribution in [3.05, 3.63) is 16.1 Å². The van der Waals surface area contributed by atoms with Crippen LogP contribution in [0.25, 0.3) is 0 Å². The molecule has 1 aliphatic heterocycles. The molecular formula is C14H20F3N3O2S. The summed E-state index contributed by atoms with van der Waals surface area (Å²) in [4.78, 5) is 19.2. The van der Waals surface area contributed by atoms with Gasteiger partial charge in [0, 0.05) is 31.6 Å². The van der Waals surface area contributed by atoms with Gasteiger partial charge in [-0.2, -0.15) is 13.2 Å². The van der Waals surface area contributed by atoms with Gasteiger partial charge in [-0.15, -0.1) is 11.3 Å². The number of rotatable bonds is 2. The minimum atomic E-state index is -4.40. The second-order valence-corrected chi connectivity index (χ2v) is 7.31. The molecule has 0 aliphatic carbocycles. The first-order chi connectivity index (χ1) is 10.5. The van der Waals surface area contributed by atoms with Crippen LogP contribution in [-0.4, -0.2) is 52.7 Å². The van der Waals surface area contributed by atoms with Crippen molar-refractivity contribution in [3.63, 3.8) is 0 Å². The first-order valence-electron chi connectivity index (χ1n) is 7.26. The van der Waals surface area contributed by atoms with Crippen LogP contribution in [0.15, 0.2) is 5.38 Å². The molecule has 1 fully saturated rings. The number of alkyl halides is 3. The number of carbonyl (C=O) groups excluding carboxylic acids is 1. The summed E-state index contributed by atoms with van der Waals surface area (Å²) in [6, 6.07) is 0. The Labute approximate surface area is 137 Å². The van der Waals surface area contributed by atoms with Crippen LogP contribution in [0.5, 0.6) is 0 Å². The first kappa shape index (κ1) is 18.0. The summed E-state index contributed by atoms with van der Waals surface area (Å²) in [6.45, 7) is 7.94. The number of halogens is 3. The van der Waals surface area contributed by atoms with E-state index in [0.717, 1.165) is 16.7 Å². The van der Waals surface area contributed by atoms with Crippen LogP contribution >= 0.6 is 11.3 Å². The summed E-state index contributed by atoms with van der Waals surface area (Å²) >= 11 is 1.01. The van der Waals surface area contributed by atoms with Gasteiger partial charge in [0.1, 0.15) is 10.6 Å². The predicted octanol–water partition coefficient (Wildman–Crippen LogP) is 3.21. The van der Waals surface area contributed by atoms with Crippen molar-refractivity contribution in [2.75, 3.05) is 26.2 Å². The number of hydrogen-bond acceptors (Lipinski definition) is 5. The third-order valence-corrected chi connectivity index (χ3v) is 4.06. The fourth-order valence-corrected chi connectivity index (χ4v) is 2.96. The molecule has 1 aromatic heterocycles. The molecule has 5 nitrogen and oxygen atoms in total. The number of ether oxygens (including phenoxy) is 1. The van der Waals surface area contributed by atoms with Crippen LogP contribution in [0.1, 0.15) is 31.5 Å². The maximum absolute atomic E-state index is 12.5. The lowest BCUT2D eigenvalue weighted by Gasteiger charge is -2.35. The molecule has 0 unspecified atom stereocenters. The van der Waals surface area contributed by atoms with Gasteiger partial charge in [0.2, 0.25) is 0 Å². The monoisotopic (exact) mass is 351 g/mol. The molecule has 0 radical (unpaired) electrons. The maximum Gasteiger partial charge on any atom is 0.434 e. The van der Waals surface area contributed by atoms with E-state index in [4.69, 9.17) is 4.74 Å². The average Bonchev–Trinajstić information content (AvgIpc) is 2.86. The quantitative estimate of drug-likeness (QED) is 0.821. The summed E-state index contributed by atoms with van der Waals surface area (Å²) in [5, 5.41) is 1.47. The number of amides is 1. The highest BCUT2D eigenvalue weighted by atomic mass is 32.1. The zero-order valence-corrected chi connectivity index (χ0v) is 14.1. The number of aromatic nitrogens is 1. The standard InChI is InChI=1S/C14H20F3N3O2S/c1-13(2,3)22-12(21)20-6-4-19(5-7-20)8-11-18-10(9-23-11)14(15,16)17/h9H,4-8H2,1-3H3. The van der Waals surface area contributed by atoms with Crippen molar-refractivity contribution in [1.29, 1.82) is 0 Å². The number of thiazole rings is 1. The topological polar surface area (TPSA) is 45.7 Å². The predicted molar refractivity (Wildman–Crippen MR) is 80.2 cm³/mol. The minimum Gasteiger partial charge on any atom is -0.444 e. The molecule has 1 aromatic rings. The lowest BCUT2D eigenvalue weighted by Crippen LogP contribution is -2.49. The van der Waals surface area contributed by atoms with Gasteiger partial charge in [-0.1, -0.05) is 0 Å². The van der Waals surface area contributed by atoms with Crippen molar-refractivity contribution in [2.24, 2.45) is 0 Å². The van der Waals surface area contributed by atoms with E-state index < -0.39 is 17.5 Å². The molecule has 1 amide bonds. The molecular weight excluding hydrogens is 331 g/mol. The Morgan fingerprint density at radius 3 is 2.35 bits per heavy atom. The highest BCUT2D eigenvalue weighted by Gasteiger charge is 2.34. The molecule has 0 aromatic carbocycles. The molecule has 0 bridgehead atoms. The zero-order chi connectivity index (χ0) is 17.3. The lowest BCUT2D eigenvalue weighted by atomic mass is 10.2. The highest BCUT2D eigenvalue weighted by molar-refractivity contribution is 7.09. The fourth-order valence-electron chi connectivity index (χ4n) is 2.12. The average molecular weight is 351 g/mol. The van der Waals surface area contributed by atoms with Gasteiger partial charge in [-0.3, -0.25) is 4.90 Å². The van der Waals surface area contributed by atoms with Crippen LogP contribution in [0.4, 0.5) is 18.0 Å².